The number of halogens is 1. The van der Waals surface area contributed by atoms with Gasteiger partial charge in [0.25, 0.3) is 0 Å². The van der Waals surface area contributed by atoms with Gasteiger partial charge in [0, 0.05) is 10.2 Å². The van der Waals surface area contributed by atoms with Crippen LogP contribution in [0.1, 0.15) is 32.6 Å². The average Bonchev–Trinajstić information content (AvgIpc) is 2.35. The molecule has 0 bridgehead atoms. The molecule has 0 aromatic heterocycles. The average molecular weight is 312 g/mol. The lowest BCUT2D eigenvalue weighted by atomic mass is 9.73. The number of carboxylic acids is 1. The molecule has 1 fully saturated rings. The Bertz CT molecular complexity index is 432. The quantitative estimate of drug-likeness (QED) is 0.890. The Balaban J connectivity index is 2.25. The Kier molecular flexibility index (Phi) is 3.95. The van der Waals surface area contributed by atoms with Crippen LogP contribution in [-0.2, 0) is 4.79 Å². The summed E-state index contributed by atoms with van der Waals surface area (Å²) in [5, 5.41) is 12.9. The van der Waals surface area contributed by atoms with Gasteiger partial charge in [-0.15, -0.1) is 0 Å². The highest BCUT2D eigenvalue weighted by Gasteiger charge is 2.45. The van der Waals surface area contributed by atoms with Gasteiger partial charge < -0.3 is 10.4 Å². The second kappa shape index (κ2) is 5.31. The molecule has 0 saturated heterocycles. The maximum Gasteiger partial charge on any atom is 0.329 e. The monoisotopic (exact) mass is 311 g/mol. The summed E-state index contributed by atoms with van der Waals surface area (Å²) in [7, 11) is 0. The summed E-state index contributed by atoms with van der Waals surface area (Å²) in [6, 6.07) is 7.67. The number of hydrogen-bond acceptors (Lipinski definition) is 2. The molecule has 0 aliphatic heterocycles. The molecule has 98 valence electrons. The van der Waals surface area contributed by atoms with Crippen LogP contribution in [0.25, 0.3) is 0 Å². The van der Waals surface area contributed by atoms with Crippen LogP contribution in [0.3, 0.4) is 0 Å². The predicted octanol–water partition coefficient (Wildman–Crippen LogP) is 3.89. The minimum Gasteiger partial charge on any atom is -0.479 e. The molecule has 18 heavy (non-hydrogen) atoms. The summed E-state index contributed by atoms with van der Waals surface area (Å²) < 4.78 is 0.995. The van der Waals surface area contributed by atoms with Gasteiger partial charge in [0.05, 0.1) is 0 Å². The van der Waals surface area contributed by atoms with Crippen LogP contribution in [0.2, 0.25) is 0 Å². The summed E-state index contributed by atoms with van der Waals surface area (Å²) in [6.45, 7) is 2.03. The summed E-state index contributed by atoms with van der Waals surface area (Å²) in [5.41, 5.74) is 0.0564. The summed E-state index contributed by atoms with van der Waals surface area (Å²) in [4.78, 5) is 11.7. The normalized spacial score (nSPS) is 27.8. The number of carboxylic acid groups (broad SMARTS) is 1. The highest BCUT2D eigenvalue weighted by atomic mass is 79.9. The van der Waals surface area contributed by atoms with Crippen LogP contribution in [0, 0.1) is 5.92 Å². The lowest BCUT2D eigenvalue weighted by Crippen LogP contribution is -2.53. The second-order valence-electron chi connectivity index (χ2n) is 5.06. The van der Waals surface area contributed by atoms with Crippen molar-refractivity contribution in [3.8, 4) is 0 Å². The number of benzene rings is 1. The largest absolute Gasteiger partial charge is 0.479 e. The lowest BCUT2D eigenvalue weighted by Gasteiger charge is -2.40. The molecule has 1 aliphatic rings. The molecule has 4 heteroatoms. The number of anilines is 1. The zero-order chi connectivity index (χ0) is 13.2. The number of carbonyl (C=O) groups is 1. The first kappa shape index (κ1) is 13.4. The van der Waals surface area contributed by atoms with Gasteiger partial charge in [-0.3, -0.25) is 0 Å². The van der Waals surface area contributed by atoms with E-state index >= 15 is 0 Å². The molecule has 0 spiro atoms. The first-order chi connectivity index (χ1) is 8.54. The Hall–Kier alpha value is -1.03. The Morgan fingerprint density at radius 3 is 2.61 bits per heavy atom. The summed E-state index contributed by atoms with van der Waals surface area (Å²) in [6.07, 6.45) is 3.76. The molecule has 0 amide bonds. The minimum absolute atomic E-state index is 0.146. The maximum absolute atomic E-state index is 11.7. The Labute approximate surface area is 116 Å². The molecule has 1 aromatic carbocycles. The van der Waals surface area contributed by atoms with Crippen LogP contribution < -0.4 is 5.32 Å². The SMILES string of the molecule is CC1CCCCC1(Nc1ccc(Br)cc1)C(=O)O. The zero-order valence-corrected chi connectivity index (χ0v) is 12.0. The standard InChI is InChI=1S/C14H18BrNO2/c1-10-4-2-3-9-14(10,13(17)18)16-12-7-5-11(15)6-8-12/h5-8,10,16H,2-4,9H2,1H3,(H,17,18). The van der Waals surface area contributed by atoms with Crippen molar-refractivity contribution in [1.82, 2.24) is 0 Å². The van der Waals surface area contributed by atoms with E-state index < -0.39 is 11.5 Å². The van der Waals surface area contributed by atoms with E-state index in [0.29, 0.717) is 6.42 Å². The van der Waals surface area contributed by atoms with Crippen LogP contribution >= 0.6 is 15.9 Å². The van der Waals surface area contributed by atoms with Gasteiger partial charge in [0.15, 0.2) is 0 Å². The van der Waals surface area contributed by atoms with Crippen LogP contribution in [0.4, 0.5) is 5.69 Å². The predicted molar refractivity (Wildman–Crippen MR) is 75.8 cm³/mol. The fourth-order valence-corrected chi connectivity index (χ4v) is 2.96. The fraction of sp³-hybridized carbons (Fsp3) is 0.500. The van der Waals surface area contributed by atoms with Crippen molar-refractivity contribution in [1.29, 1.82) is 0 Å². The lowest BCUT2D eigenvalue weighted by molar-refractivity contribution is -0.145. The van der Waals surface area contributed by atoms with Gasteiger partial charge >= 0.3 is 5.97 Å². The third-order valence-corrected chi connectivity index (χ3v) is 4.42. The molecule has 2 N–H and O–H groups in total. The molecule has 1 aromatic rings. The molecular weight excluding hydrogens is 294 g/mol. The molecule has 2 unspecified atom stereocenters. The fourth-order valence-electron chi connectivity index (χ4n) is 2.69. The van der Waals surface area contributed by atoms with E-state index in [4.69, 9.17) is 0 Å². The molecule has 1 saturated carbocycles. The van der Waals surface area contributed by atoms with Gasteiger partial charge in [-0.2, -0.15) is 0 Å². The van der Waals surface area contributed by atoms with Crippen molar-refractivity contribution in [2.45, 2.75) is 38.1 Å². The van der Waals surface area contributed by atoms with E-state index in [1.807, 2.05) is 31.2 Å². The van der Waals surface area contributed by atoms with Crippen LogP contribution in [0.5, 0.6) is 0 Å². The van der Waals surface area contributed by atoms with Gasteiger partial charge in [-0.25, -0.2) is 4.79 Å². The topological polar surface area (TPSA) is 49.3 Å². The number of aliphatic carboxylic acids is 1. The molecule has 2 atom stereocenters. The van der Waals surface area contributed by atoms with E-state index in [0.717, 1.165) is 29.4 Å². The molecule has 0 radical (unpaired) electrons. The van der Waals surface area contributed by atoms with Crippen LogP contribution in [-0.4, -0.2) is 16.6 Å². The third kappa shape index (κ3) is 2.53. The van der Waals surface area contributed by atoms with Gasteiger partial charge in [-0.05, 0) is 43.0 Å². The molecule has 1 aliphatic carbocycles. The van der Waals surface area contributed by atoms with Crippen molar-refractivity contribution in [2.75, 3.05) is 5.32 Å². The number of hydrogen-bond donors (Lipinski definition) is 2. The Morgan fingerprint density at radius 2 is 2.06 bits per heavy atom. The van der Waals surface area contributed by atoms with E-state index in [9.17, 15) is 9.90 Å². The first-order valence-corrected chi connectivity index (χ1v) is 7.11. The van der Waals surface area contributed by atoms with Gasteiger partial charge in [-0.1, -0.05) is 35.7 Å². The summed E-state index contributed by atoms with van der Waals surface area (Å²) >= 11 is 3.38. The number of nitrogens with one attached hydrogen (secondary N) is 1. The zero-order valence-electron chi connectivity index (χ0n) is 10.4. The highest BCUT2D eigenvalue weighted by molar-refractivity contribution is 9.10. The minimum atomic E-state index is -0.813. The number of rotatable bonds is 3. The maximum atomic E-state index is 11.7. The van der Waals surface area contributed by atoms with E-state index in [2.05, 4.69) is 21.2 Å². The van der Waals surface area contributed by atoms with Crippen molar-refractivity contribution >= 4 is 27.6 Å². The van der Waals surface area contributed by atoms with Crippen molar-refractivity contribution < 1.29 is 9.90 Å². The first-order valence-electron chi connectivity index (χ1n) is 6.32. The van der Waals surface area contributed by atoms with E-state index in [1.165, 1.54) is 0 Å². The second-order valence-corrected chi connectivity index (χ2v) is 5.97. The smallest absolute Gasteiger partial charge is 0.329 e. The van der Waals surface area contributed by atoms with E-state index in [1.54, 1.807) is 0 Å². The van der Waals surface area contributed by atoms with Gasteiger partial charge in [0.2, 0.25) is 0 Å². The van der Waals surface area contributed by atoms with Crippen LogP contribution in [0.15, 0.2) is 28.7 Å². The van der Waals surface area contributed by atoms with Crippen molar-refractivity contribution in [3.63, 3.8) is 0 Å². The molecule has 0 heterocycles. The summed E-state index contributed by atoms with van der Waals surface area (Å²) in [5.74, 6) is -0.593. The Morgan fingerprint density at radius 1 is 1.39 bits per heavy atom. The van der Waals surface area contributed by atoms with Crippen molar-refractivity contribution in [3.05, 3.63) is 28.7 Å². The van der Waals surface area contributed by atoms with Crippen molar-refractivity contribution in [2.24, 2.45) is 5.92 Å². The van der Waals surface area contributed by atoms with Gasteiger partial charge in [0.1, 0.15) is 5.54 Å². The molecule has 3 nitrogen and oxygen atoms in total. The third-order valence-electron chi connectivity index (χ3n) is 3.89. The van der Waals surface area contributed by atoms with E-state index in [-0.39, 0.29) is 5.92 Å². The molecular formula is C14H18BrNO2. The highest BCUT2D eigenvalue weighted by Crippen LogP contribution is 2.36. The molecule has 2 rings (SSSR count).